The Kier molecular flexibility index (Phi) is 5.70. The van der Waals surface area contributed by atoms with Gasteiger partial charge in [-0.3, -0.25) is 4.55 Å². The fraction of sp³-hybridized carbons (Fsp3) is 0.875. The maximum atomic E-state index is 11.0. The molecule has 96 valence electrons. The summed E-state index contributed by atoms with van der Waals surface area (Å²) in [7, 11) is -3.67. The Morgan fingerprint density at radius 1 is 1.56 bits per heavy atom. The van der Waals surface area contributed by atoms with E-state index in [1.807, 2.05) is 13.8 Å². The summed E-state index contributed by atoms with van der Waals surface area (Å²) in [6, 6.07) is 0.152. The monoisotopic (exact) mass is 255 g/mol. The fourth-order valence-corrected chi connectivity index (χ4v) is 1.06. The molecule has 0 aromatic heterocycles. The van der Waals surface area contributed by atoms with E-state index in [1.165, 1.54) is 0 Å². The van der Waals surface area contributed by atoms with Crippen LogP contribution in [-0.2, 0) is 14.9 Å². The quantitative estimate of drug-likeness (QED) is 0.657. The van der Waals surface area contributed by atoms with Gasteiger partial charge in [0.2, 0.25) is 0 Å². The van der Waals surface area contributed by atoms with E-state index in [1.54, 1.807) is 4.90 Å². The Morgan fingerprint density at radius 2 is 2.00 bits per heavy atom. The highest BCUT2D eigenvalue weighted by Crippen LogP contribution is 2.13. The van der Waals surface area contributed by atoms with Crippen LogP contribution in [0.25, 0.3) is 0 Å². The first-order valence-electron chi connectivity index (χ1n) is 4.65. The topological polar surface area (TPSA) is 104 Å². The van der Waals surface area contributed by atoms with Crippen LogP contribution in [-0.4, -0.2) is 60.6 Å². The second-order valence-electron chi connectivity index (χ2n) is 3.67. The van der Waals surface area contributed by atoms with Crippen LogP contribution in [0.2, 0.25) is 0 Å². The van der Waals surface area contributed by atoms with Gasteiger partial charge in [-0.2, -0.15) is 8.42 Å². The highest BCUT2D eigenvalue weighted by atomic mass is 32.2. The lowest BCUT2D eigenvalue weighted by Gasteiger charge is -2.16. The van der Waals surface area contributed by atoms with Crippen molar-refractivity contribution >= 4 is 16.2 Å². The number of aliphatic hydroxyl groups is 1. The second kappa shape index (κ2) is 6.02. The second-order valence-corrected chi connectivity index (χ2v) is 5.13. The van der Waals surface area contributed by atoms with Gasteiger partial charge in [-0.05, 0) is 13.8 Å². The summed E-state index contributed by atoms with van der Waals surface area (Å²) in [5.41, 5.74) is 0. The molecule has 1 aliphatic rings. The number of ether oxygens (including phenoxy) is 1. The summed E-state index contributed by atoms with van der Waals surface area (Å²) in [6.07, 6.45) is 0.0662. The molecular weight excluding hydrogens is 238 g/mol. The maximum Gasteiger partial charge on any atom is 0.410 e. The van der Waals surface area contributed by atoms with Gasteiger partial charge in [-0.1, -0.05) is 0 Å². The van der Waals surface area contributed by atoms with E-state index < -0.39 is 10.1 Å². The van der Waals surface area contributed by atoms with Gasteiger partial charge in [0.25, 0.3) is 10.1 Å². The number of carbonyl (C=O) groups excluding carboxylic acids is 1. The first-order valence-corrected chi connectivity index (χ1v) is 6.50. The van der Waals surface area contributed by atoms with E-state index >= 15 is 0 Å². The number of hydrogen-bond acceptors (Lipinski definition) is 5. The molecule has 1 saturated heterocycles. The van der Waals surface area contributed by atoms with Crippen LogP contribution in [0, 0.1) is 0 Å². The van der Waals surface area contributed by atoms with Crippen LogP contribution in [0.4, 0.5) is 4.79 Å². The molecule has 7 nitrogen and oxygen atoms in total. The van der Waals surface area contributed by atoms with Crippen molar-refractivity contribution in [2.24, 2.45) is 0 Å². The third-order valence-corrected chi connectivity index (χ3v) is 1.73. The molecule has 0 saturated carbocycles. The van der Waals surface area contributed by atoms with Gasteiger partial charge in [0, 0.05) is 6.04 Å². The molecule has 1 heterocycles. The molecule has 8 heteroatoms. The van der Waals surface area contributed by atoms with Crippen molar-refractivity contribution in [3.05, 3.63) is 0 Å². The van der Waals surface area contributed by atoms with Gasteiger partial charge in [0.1, 0.15) is 6.10 Å². The zero-order valence-corrected chi connectivity index (χ0v) is 10.3. The molecule has 1 rings (SSSR count). The lowest BCUT2D eigenvalue weighted by Crippen LogP contribution is -2.32. The molecule has 1 amide bonds. The van der Waals surface area contributed by atoms with Crippen molar-refractivity contribution in [3.8, 4) is 0 Å². The molecule has 0 aromatic rings. The Hall–Kier alpha value is -0.860. The molecule has 2 N–H and O–H groups in total. The van der Waals surface area contributed by atoms with E-state index in [9.17, 15) is 13.2 Å². The number of aliphatic hydroxyl groups excluding tert-OH is 1. The standard InChI is InChI=1S/C7H13NO3.CH4O3S/c1-5(2)8-3-6(4-9)11-7(8)10;1-5(2,3)4/h5-6,9H,3-4H2,1-2H3;1H3,(H,2,3,4)/t6-;/m0./s1. The van der Waals surface area contributed by atoms with Crippen molar-refractivity contribution in [1.82, 2.24) is 4.90 Å². The van der Waals surface area contributed by atoms with Crippen LogP contribution in [0.5, 0.6) is 0 Å². The number of cyclic esters (lactones) is 1. The summed E-state index contributed by atoms with van der Waals surface area (Å²) in [6.45, 7) is 4.25. The molecule has 0 bridgehead atoms. The Morgan fingerprint density at radius 3 is 2.19 bits per heavy atom. The van der Waals surface area contributed by atoms with Crippen LogP contribution >= 0.6 is 0 Å². The summed E-state index contributed by atoms with van der Waals surface area (Å²) in [5, 5.41) is 8.68. The molecule has 1 fully saturated rings. The van der Waals surface area contributed by atoms with Gasteiger partial charge in [0.15, 0.2) is 0 Å². The molecule has 0 spiro atoms. The van der Waals surface area contributed by atoms with Gasteiger partial charge in [-0.15, -0.1) is 0 Å². The first-order chi connectivity index (χ1) is 7.15. The molecular formula is C8H17NO6S. The van der Waals surface area contributed by atoms with Gasteiger partial charge < -0.3 is 14.7 Å². The number of rotatable bonds is 2. The summed E-state index contributed by atoms with van der Waals surface area (Å²) in [5.74, 6) is 0. The number of hydrogen-bond donors (Lipinski definition) is 2. The maximum absolute atomic E-state index is 11.0. The minimum absolute atomic E-state index is 0.0883. The van der Waals surface area contributed by atoms with E-state index in [0.29, 0.717) is 12.8 Å². The normalized spacial score (nSPS) is 20.5. The smallest absolute Gasteiger partial charge is 0.410 e. The number of amides is 1. The molecule has 16 heavy (non-hydrogen) atoms. The number of carbonyl (C=O) groups is 1. The van der Waals surface area contributed by atoms with Crippen molar-refractivity contribution in [2.45, 2.75) is 26.0 Å². The molecule has 1 atom stereocenters. The summed E-state index contributed by atoms with van der Waals surface area (Å²) >= 11 is 0. The van der Waals surface area contributed by atoms with Crippen LogP contribution in [0.15, 0.2) is 0 Å². The van der Waals surface area contributed by atoms with Crippen LogP contribution in [0.3, 0.4) is 0 Å². The minimum Gasteiger partial charge on any atom is -0.442 e. The average molecular weight is 255 g/mol. The third kappa shape index (κ3) is 6.59. The number of nitrogens with zero attached hydrogens (tertiary/aromatic N) is 1. The molecule has 0 unspecified atom stereocenters. The van der Waals surface area contributed by atoms with E-state index in [4.69, 9.17) is 14.4 Å². The van der Waals surface area contributed by atoms with Crippen molar-refractivity contribution in [2.75, 3.05) is 19.4 Å². The van der Waals surface area contributed by atoms with Crippen molar-refractivity contribution in [1.29, 1.82) is 0 Å². The van der Waals surface area contributed by atoms with E-state index in [2.05, 4.69) is 0 Å². The average Bonchev–Trinajstić information content (AvgIpc) is 2.43. The van der Waals surface area contributed by atoms with Gasteiger partial charge in [0.05, 0.1) is 19.4 Å². The lowest BCUT2D eigenvalue weighted by molar-refractivity contribution is 0.0943. The zero-order chi connectivity index (χ0) is 12.9. The van der Waals surface area contributed by atoms with Crippen LogP contribution in [0.1, 0.15) is 13.8 Å². The van der Waals surface area contributed by atoms with Crippen molar-refractivity contribution < 1.29 is 27.6 Å². The molecule has 1 aliphatic heterocycles. The molecule has 0 radical (unpaired) electrons. The minimum atomic E-state index is -3.67. The van der Waals surface area contributed by atoms with Crippen LogP contribution < -0.4 is 0 Å². The highest BCUT2D eigenvalue weighted by Gasteiger charge is 2.31. The molecule has 0 aliphatic carbocycles. The van der Waals surface area contributed by atoms with Crippen molar-refractivity contribution in [3.63, 3.8) is 0 Å². The summed E-state index contributed by atoms with van der Waals surface area (Å²) in [4.78, 5) is 12.6. The Bertz CT molecular complexity index is 317. The summed E-state index contributed by atoms with van der Waals surface area (Å²) < 4.78 is 30.7. The Balaban J connectivity index is 0.000000385. The van der Waals surface area contributed by atoms with Gasteiger partial charge in [-0.25, -0.2) is 4.79 Å². The highest BCUT2D eigenvalue weighted by molar-refractivity contribution is 7.85. The SMILES string of the molecule is CC(C)N1C[C@@H](CO)OC1=O.CS(=O)(=O)O. The van der Waals surface area contributed by atoms with Gasteiger partial charge >= 0.3 is 6.09 Å². The zero-order valence-electron chi connectivity index (χ0n) is 9.45. The Labute approximate surface area is 94.8 Å². The fourth-order valence-electron chi connectivity index (χ4n) is 1.06. The first kappa shape index (κ1) is 15.1. The lowest BCUT2D eigenvalue weighted by atomic mass is 10.3. The van der Waals surface area contributed by atoms with E-state index in [0.717, 1.165) is 0 Å². The predicted molar refractivity (Wildman–Crippen MR) is 56.7 cm³/mol. The largest absolute Gasteiger partial charge is 0.442 e. The van der Waals surface area contributed by atoms with E-state index in [-0.39, 0.29) is 24.8 Å². The third-order valence-electron chi connectivity index (χ3n) is 1.73. The molecule has 0 aromatic carbocycles. The predicted octanol–water partition coefficient (Wildman–Crippen LogP) is -0.288.